The highest BCUT2D eigenvalue weighted by Crippen LogP contribution is 2.60. The number of carbonyl (C=O) groups excluding carboxylic acids is 1. The highest BCUT2D eigenvalue weighted by molar-refractivity contribution is 5.87. The van der Waals surface area contributed by atoms with Crippen LogP contribution in [0.3, 0.4) is 0 Å². The van der Waals surface area contributed by atoms with Crippen LogP contribution in [-0.4, -0.2) is 164 Å². The summed E-state index contributed by atoms with van der Waals surface area (Å²) in [6, 6.07) is 4.53. The molecule has 16 atom stereocenters. The maximum atomic E-state index is 13.0. The first-order chi connectivity index (χ1) is 23.5. The minimum atomic E-state index is -1.70. The van der Waals surface area contributed by atoms with Crippen molar-refractivity contribution in [3.8, 4) is 11.5 Å². The third-order valence-corrected chi connectivity index (χ3v) is 9.54. The van der Waals surface area contributed by atoms with Crippen molar-refractivity contribution >= 4 is 12.0 Å². The van der Waals surface area contributed by atoms with Gasteiger partial charge in [-0.15, -0.1) is 0 Å². The van der Waals surface area contributed by atoms with Gasteiger partial charge >= 0.3 is 5.97 Å². The number of epoxide rings is 1. The second kappa shape index (κ2) is 14.3. The van der Waals surface area contributed by atoms with Gasteiger partial charge in [0.1, 0.15) is 66.6 Å². The van der Waals surface area contributed by atoms with Crippen molar-refractivity contribution in [3.05, 3.63) is 42.2 Å². The Morgan fingerprint density at radius 3 is 2.14 bits per heavy atom. The molecular weight excluding hydrogens is 660 g/mol. The molecule has 18 heteroatoms. The fourth-order valence-corrected chi connectivity index (χ4v) is 6.80. The van der Waals surface area contributed by atoms with Crippen LogP contribution in [0.15, 0.2) is 36.6 Å². The maximum Gasteiger partial charge on any atom is 0.331 e. The van der Waals surface area contributed by atoms with Crippen LogP contribution in [0.2, 0.25) is 0 Å². The van der Waals surface area contributed by atoms with Crippen LogP contribution < -0.4 is 9.47 Å². The lowest BCUT2D eigenvalue weighted by Crippen LogP contribution is -2.60. The van der Waals surface area contributed by atoms with Crippen LogP contribution in [0.1, 0.15) is 5.56 Å². The van der Waals surface area contributed by atoms with Gasteiger partial charge in [-0.3, -0.25) is 0 Å². The predicted molar refractivity (Wildman–Crippen MR) is 157 cm³/mol. The van der Waals surface area contributed by atoms with Gasteiger partial charge in [-0.1, -0.05) is 6.07 Å². The van der Waals surface area contributed by atoms with Crippen molar-refractivity contribution in [2.75, 3.05) is 26.9 Å². The molecule has 16 unspecified atom stereocenters. The highest BCUT2D eigenvalue weighted by atomic mass is 16.8. The summed E-state index contributed by atoms with van der Waals surface area (Å²) < 4.78 is 44.9. The molecule has 6 rings (SSSR count). The molecular formula is C31H40O18. The molecule has 3 saturated heterocycles. The van der Waals surface area contributed by atoms with Gasteiger partial charge in [-0.2, -0.15) is 0 Å². The summed E-state index contributed by atoms with van der Waals surface area (Å²) in [7, 11) is 1.35. The number of carbonyl (C=O) groups is 1. The lowest BCUT2D eigenvalue weighted by atomic mass is 9.85. The predicted octanol–water partition coefficient (Wildman–Crippen LogP) is -4.14. The van der Waals surface area contributed by atoms with Gasteiger partial charge in [0.2, 0.25) is 12.6 Å². The number of aliphatic hydroxyl groups excluding tert-OH is 9. The van der Waals surface area contributed by atoms with Crippen molar-refractivity contribution in [2.24, 2.45) is 11.8 Å². The Balaban J connectivity index is 1.11. The number of aliphatic hydroxyl groups is 9. The van der Waals surface area contributed by atoms with Crippen molar-refractivity contribution in [3.63, 3.8) is 0 Å². The average molecular weight is 701 g/mol. The molecule has 0 amide bonds. The highest BCUT2D eigenvalue weighted by Gasteiger charge is 2.77. The summed E-state index contributed by atoms with van der Waals surface area (Å²) in [6.07, 6.45) is -12.4. The molecule has 0 spiro atoms. The number of hydrogen-bond donors (Lipinski definition) is 9. The van der Waals surface area contributed by atoms with E-state index in [-0.39, 0.29) is 11.5 Å². The van der Waals surface area contributed by atoms with Gasteiger partial charge in [0.15, 0.2) is 17.8 Å². The first-order valence-electron chi connectivity index (χ1n) is 15.6. The topological polar surface area (TPSA) is 276 Å². The van der Waals surface area contributed by atoms with Crippen LogP contribution in [0.25, 0.3) is 6.08 Å². The number of methoxy groups -OCH3 is 1. The number of benzene rings is 1. The number of hydrogen-bond acceptors (Lipinski definition) is 18. The Kier molecular flexibility index (Phi) is 10.5. The van der Waals surface area contributed by atoms with Gasteiger partial charge in [-0.05, 0) is 29.8 Å². The van der Waals surface area contributed by atoms with Gasteiger partial charge in [-0.25, -0.2) is 4.79 Å². The SMILES string of the molecule is COc1cc(C=CC(=O)OC2C3C=COC(OC4OC(CO)C(O)C(O)C4O)C3C3(CO)OC23)ccc1OC1OC(CO)C(O)C(O)C1O. The van der Waals surface area contributed by atoms with E-state index in [0.717, 1.165) is 6.08 Å². The minimum absolute atomic E-state index is 0.0987. The number of esters is 1. The summed E-state index contributed by atoms with van der Waals surface area (Å²) in [5.41, 5.74) is -0.738. The zero-order valence-corrected chi connectivity index (χ0v) is 26.0. The van der Waals surface area contributed by atoms with E-state index in [1.165, 1.54) is 31.6 Å². The van der Waals surface area contributed by atoms with E-state index >= 15 is 0 Å². The Bertz CT molecular complexity index is 1390. The van der Waals surface area contributed by atoms with E-state index in [4.69, 9.17) is 37.9 Å². The summed E-state index contributed by atoms with van der Waals surface area (Å²) >= 11 is 0. The van der Waals surface area contributed by atoms with Crippen molar-refractivity contribution < 1.29 is 88.6 Å². The quantitative estimate of drug-likeness (QED) is 0.0602. The number of ether oxygens (including phenoxy) is 8. The zero-order valence-electron chi connectivity index (χ0n) is 26.0. The van der Waals surface area contributed by atoms with Crippen LogP contribution >= 0.6 is 0 Å². The molecule has 5 aliphatic rings. The third-order valence-electron chi connectivity index (χ3n) is 9.54. The summed E-state index contributed by atoms with van der Waals surface area (Å²) in [5.74, 6) is -1.79. The first-order valence-corrected chi connectivity index (χ1v) is 15.6. The van der Waals surface area contributed by atoms with Crippen LogP contribution in [0.5, 0.6) is 11.5 Å². The van der Waals surface area contributed by atoms with Crippen LogP contribution in [-0.2, 0) is 33.2 Å². The Hall–Kier alpha value is -2.95. The standard InChI is InChI=1S/C31H40O18/c1-42-15-8-12(2-4-14(15)44-29-24(40)22(38)20(36)16(9-32)45-29)3-5-18(35)47-26-13-6-7-43-28(19(13)31(11-34)27(26)49-31)48-30-25(41)23(39)21(37)17(10-33)46-30/h2-8,13,16-17,19-30,32-34,36-41H,9-11H2,1H3. The largest absolute Gasteiger partial charge is 0.493 e. The molecule has 1 saturated carbocycles. The van der Waals surface area contributed by atoms with Crippen molar-refractivity contribution in [1.82, 2.24) is 0 Å². The monoisotopic (exact) mass is 700 g/mol. The summed E-state index contributed by atoms with van der Waals surface area (Å²) in [6.45, 7) is -1.77. The lowest BCUT2D eigenvalue weighted by Gasteiger charge is -2.43. The molecule has 4 heterocycles. The molecule has 0 radical (unpaired) electrons. The van der Waals surface area contributed by atoms with Crippen LogP contribution in [0.4, 0.5) is 0 Å². The lowest BCUT2D eigenvalue weighted by molar-refractivity contribution is -0.344. The molecule has 18 nitrogen and oxygen atoms in total. The molecule has 9 N–H and O–H groups in total. The molecule has 1 aromatic rings. The maximum absolute atomic E-state index is 13.0. The molecule has 0 aromatic heterocycles. The molecule has 272 valence electrons. The van der Waals surface area contributed by atoms with E-state index in [0.29, 0.717) is 5.56 Å². The second-order valence-electron chi connectivity index (χ2n) is 12.4. The summed E-state index contributed by atoms with van der Waals surface area (Å²) in [5, 5.41) is 90.3. The third kappa shape index (κ3) is 6.53. The Labute approximate surface area is 278 Å². The fourth-order valence-electron chi connectivity index (χ4n) is 6.80. The number of rotatable bonds is 11. The van der Waals surface area contributed by atoms with E-state index in [1.807, 2.05) is 0 Å². The normalized spacial score (nSPS) is 44.2. The molecule has 4 aliphatic heterocycles. The fraction of sp³-hybridized carbons (Fsp3) is 0.645. The molecule has 0 bridgehead atoms. The van der Waals surface area contributed by atoms with Crippen LogP contribution in [0, 0.1) is 11.8 Å². The first kappa shape index (κ1) is 35.9. The van der Waals surface area contributed by atoms with Gasteiger partial charge < -0.3 is 83.9 Å². The van der Waals surface area contributed by atoms with E-state index in [1.54, 1.807) is 12.1 Å². The van der Waals surface area contributed by atoms with Gasteiger partial charge in [0, 0.05) is 12.0 Å². The minimum Gasteiger partial charge on any atom is -0.493 e. The Morgan fingerprint density at radius 1 is 0.857 bits per heavy atom. The van der Waals surface area contributed by atoms with E-state index in [2.05, 4.69) is 0 Å². The molecule has 4 fully saturated rings. The van der Waals surface area contributed by atoms with Crippen molar-refractivity contribution in [2.45, 2.75) is 85.5 Å². The van der Waals surface area contributed by atoms with E-state index < -0.39 is 123 Å². The summed E-state index contributed by atoms with van der Waals surface area (Å²) in [4.78, 5) is 13.0. The van der Waals surface area contributed by atoms with Gasteiger partial charge in [0.05, 0.1) is 39.1 Å². The smallest absolute Gasteiger partial charge is 0.331 e. The van der Waals surface area contributed by atoms with Gasteiger partial charge in [0.25, 0.3) is 0 Å². The van der Waals surface area contributed by atoms with Crippen molar-refractivity contribution in [1.29, 1.82) is 0 Å². The Morgan fingerprint density at radius 2 is 1.51 bits per heavy atom. The van der Waals surface area contributed by atoms with E-state index in [9.17, 15) is 50.8 Å². The molecule has 49 heavy (non-hydrogen) atoms. The zero-order chi connectivity index (χ0) is 35.2. The molecule has 1 aliphatic carbocycles. The molecule has 1 aromatic carbocycles. The number of fused-ring (bicyclic) bond motifs is 3. The second-order valence-corrected chi connectivity index (χ2v) is 12.4. The average Bonchev–Trinajstić information content (AvgIpc) is 3.79.